The minimum atomic E-state index is -0.917. The maximum atomic E-state index is 13.5. The highest BCUT2D eigenvalue weighted by molar-refractivity contribution is 5.97. The molecule has 6 aromatic rings. The van der Waals surface area contributed by atoms with E-state index >= 15 is 0 Å². The summed E-state index contributed by atoms with van der Waals surface area (Å²) in [6.07, 6.45) is 12.2. The molecule has 13 nitrogen and oxygen atoms in total. The zero-order valence-corrected chi connectivity index (χ0v) is 41.3. The third kappa shape index (κ3) is 12.2. The Morgan fingerprint density at radius 1 is 0.629 bits per heavy atom. The topological polar surface area (TPSA) is 193 Å². The molecule has 0 spiro atoms. The van der Waals surface area contributed by atoms with Crippen molar-refractivity contribution in [1.82, 2.24) is 30.2 Å². The molecule has 1 amide bonds. The lowest BCUT2D eigenvalue weighted by Crippen LogP contribution is -2.38. The van der Waals surface area contributed by atoms with Crippen molar-refractivity contribution >= 4 is 24.3 Å². The number of carboxylic acids is 1. The summed E-state index contributed by atoms with van der Waals surface area (Å²) in [5, 5.41) is 30.3. The summed E-state index contributed by atoms with van der Waals surface area (Å²) < 4.78 is 11.4. The number of H-pyrrole nitrogens is 2. The molecular formula is C56H63ClN8O5. The number of carbonyl (C=O) groups excluding carboxylic acids is 1. The number of benzene rings is 4. The van der Waals surface area contributed by atoms with Gasteiger partial charge in [-0.1, -0.05) is 36.4 Å². The number of aromatic amines is 2. The standard InChI is InChI=1S/C28H30N4O2.C16H18N2O3.C12H14N2.ClH/c1-18-14-19(2)24(15-23(18)27-30-17-25(31-27)26-4-3-13-34-26)28(33)32-11-9-22(10-12-32)21-7-5-20(16-29)6-8-21;1-9-6-10(2)12(16(19)20)7-11(9)15-17-8-13(18-15)14-4-3-5-21-14;13-9-10-1-3-11(4-2-10)12-5-7-14-8-6-12;/h5-8,14-15,17,22,26H,3-4,9-13H2,1-2H3,(H,30,31);6-8,14H,3-5H2,1-2H3,(H,17,18)(H,19,20);1-4,12,14H,5-8H2;1H/t26-;14-;;/m00../s1. The molecule has 6 heterocycles. The molecule has 0 unspecified atom stereocenters. The number of nitrogens with one attached hydrogen (secondary N) is 3. The number of imidazole rings is 2. The highest BCUT2D eigenvalue weighted by Crippen LogP contribution is 2.34. The summed E-state index contributed by atoms with van der Waals surface area (Å²) in [4.78, 5) is 42.5. The Morgan fingerprint density at radius 3 is 1.50 bits per heavy atom. The molecular weight excluding hydrogens is 900 g/mol. The zero-order chi connectivity index (χ0) is 48.4. The van der Waals surface area contributed by atoms with E-state index in [1.54, 1.807) is 19.2 Å². The molecule has 10 rings (SSSR count). The monoisotopic (exact) mass is 962 g/mol. The molecule has 0 saturated carbocycles. The van der Waals surface area contributed by atoms with Crippen molar-refractivity contribution in [1.29, 1.82) is 10.5 Å². The van der Waals surface area contributed by atoms with E-state index in [0.29, 0.717) is 28.8 Å². The summed E-state index contributed by atoms with van der Waals surface area (Å²) in [5.41, 5.74) is 12.7. The summed E-state index contributed by atoms with van der Waals surface area (Å²) in [5.74, 6) is 1.76. The number of hydrogen-bond donors (Lipinski definition) is 4. The van der Waals surface area contributed by atoms with Gasteiger partial charge in [-0.3, -0.25) is 4.79 Å². The first-order chi connectivity index (χ1) is 33.5. The number of aromatic carboxylic acids is 1. The van der Waals surface area contributed by atoms with Crippen molar-refractivity contribution in [3.63, 3.8) is 0 Å². The average Bonchev–Trinajstić information content (AvgIpc) is 4.24. The lowest BCUT2D eigenvalue weighted by Gasteiger charge is -2.32. The Kier molecular flexibility index (Phi) is 17.4. The zero-order valence-electron chi connectivity index (χ0n) is 40.5. The van der Waals surface area contributed by atoms with Gasteiger partial charge in [0.25, 0.3) is 5.91 Å². The van der Waals surface area contributed by atoms with E-state index in [1.807, 2.05) is 73.5 Å². The van der Waals surface area contributed by atoms with E-state index in [0.717, 1.165) is 140 Å². The number of hydrogen-bond acceptors (Lipinski definition) is 9. The Balaban J connectivity index is 0.000000170. The second-order valence-corrected chi connectivity index (χ2v) is 18.7. The molecule has 4 aromatic carbocycles. The van der Waals surface area contributed by atoms with Crippen molar-refractivity contribution in [3.05, 3.63) is 152 Å². The average molecular weight is 964 g/mol. The van der Waals surface area contributed by atoms with E-state index in [4.69, 9.17) is 20.0 Å². The Bertz CT molecular complexity index is 2820. The SMILES string of the molecule is Cc1cc(C)c(-c2ncc([C@@H]3CCCO3)[nH]2)cc1C(=O)N1CCC(c2ccc(C#N)cc2)CC1.Cc1cc(C)c(-c2ncc([C@@H]3CCCO3)[nH]2)cc1C(=O)O.Cl.N#Cc1ccc(C2CCNCC2)cc1. The molecule has 0 bridgehead atoms. The summed E-state index contributed by atoms with van der Waals surface area (Å²) in [6.45, 7) is 13.1. The minimum absolute atomic E-state index is 0. The van der Waals surface area contributed by atoms with Crippen LogP contribution in [0.1, 0.15) is 152 Å². The predicted octanol–water partition coefficient (Wildman–Crippen LogP) is 11.1. The van der Waals surface area contributed by atoms with Crippen molar-refractivity contribution in [2.75, 3.05) is 39.4 Å². The van der Waals surface area contributed by atoms with Crippen LogP contribution < -0.4 is 5.32 Å². The van der Waals surface area contributed by atoms with Gasteiger partial charge in [0.1, 0.15) is 11.6 Å². The number of carboxylic acid groups (broad SMARTS) is 1. The van der Waals surface area contributed by atoms with Crippen LogP contribution in [0.3, 0.4) is 0 Å². The predicted molar refractivity (Wildman–Crippen MR) is 272 cm³/mol. The molecule has 0 radical (unpaired) electrons. The van der Waals surface area contributed by atoms with Gasteiger partial charge in [0, 0.05) is 43.0 Å². The lowest BCUT2D eigenvalue weighted by atomic mass is 9.88. The number of nitrogens with zero attached hydrogens (tertiary/aromatic N) is 5. The first-order valence-corrected chi connectivity index (χ1v) is 24.3. The maximum absolute atomic E-state index is 13.5. The van der Waals surface area contributed by atoms with Gasteiger partial charge in [0.05, 0.1) is 64.8 Å². The van der Waals surface area contributed by atoms with Crippen LogP contribution in [0.4, 0.5) is 0 Å². The van der Waals surface area contributed by atoms with Crippen molar-refractivity contribution in [2.24, 2.45) is 0 Å². The van der Waals surface area contributed by atoms with Crippen LogP contribution >= 0.6 is 12.4 Å². The Morgan fingerprint density at radius 2 is 1.07 bits per heavy atom. The van der Waals surface area contributed by atoms with Gasteiger partial charge in [0.2, 0.25) is 0 Å². The van der Waals surface area contributed by atoms with Crippen molar-refractivity contribution in [3.8, 4) is 34.9 Å². The number of aryl methyl sites for hydroxylation is 4. The van der Waals surface area contributed by atoms with Crippen LogP contribution in [0.15, 0.2) is 85.2 Å². The van der Waals surface area contributed by atoms with Crippen LogP contribution in [-0.4, -0.2) is 81.2 Å². The number of carbonyl (C=O) groups is 2. The lowest BCUT2D eigenvalue weighted by molar-refractivity contribution is 0.0692. The van der Waals surface area contributed by atoms with E-state index in [1.165, 1.54) is 24.0 Å². The Hall–Kier alpha value is -6.61. The fourth-order valence-electron chi connectivity index (χ4n) is 9.99. The van der Waals surface area contributed by atoms with Gasteiger partial charge < -0.3 is 34.8 Å². The third-order valence-electron chi connectivity index (χ3n) is 14.0. The van der Waals surface area contributed by atoms with Crippen LogP contribution in [0, 0.1) is 50.4 Å². The molecule has 2 atom stereocenters. The molecule has 364 valence electrons. The largest absolute Gasteiger partial charge is 0.478 e. The number of ether oxygens (including phenoxy) is 2. The van der Waals surface area contributed by atoms with Gasteiger partial charge in [-0.05, 0) is 174 Å². The fraction of sp³-hybridized carbons (Fsp3) is 0.393. The molecule has 14 heteroatoms. The number of aromatic nitrogens is 4. The second-order valence-electron chi connectivity index (χ2n) is 18.7. The minimum Gasteiger partial charge on any atom is -0.478 e. The Labute approximate surface area is 417 Å². The van der Waals surface area contributed by atoms with Crippen molar-refractivity contribution < 1.29 is 24.2 Å². The highest BCUT2D eigenvalue weighted by Gasteiger charge is 2.27. The van der Waals surface area contributed by atoms with Gasteiger partial charge in [-0.2, -0.15) is 10.5 Å². The molecule has 4 N–H and O–H groups in total. The number of rotatable bonds is 8. The first-order valence-electron chi connectivity index (χ1n) is 24.3. The molecule has 2 aromatic heterocycles. The fourth-order valence-corrected chi connectivity index (χ4v) is 9.99. The summed E-state index contributed by atoms with van der Waals surface area (Å²) >= 11 is 0. The molecule has 70 heavy (non-hydrogen) atoms. The molecule has 4 saturated heterocycles. The summed E-state index contributed by atoms with van der Waals surface area (Å²) in [6, 6.07) is 27.8. The van der Waals surface area contributed by atoms with Gasteiger partial charge >= 0.3 is 5.97 Å². The molecule has 4 aliphatic heterocycles. The van der Waals surface area contributed by atoms with E-state index in [2.05, 4.69) is 62.5 Å². The van der Waals surface area contributed by atoms with Crippen LogP contribution in [0.25, 0.3) is 22.8 Å². The maximum Gasteiger partial charge on any atom is 0.335 e. The smallest absolute Gasteiger partial charge is 0.335 e. The highest BCUT2D eigenvalue weighted by atomic mass is 35.5. The van der Waals surface area contributed by atoms with E-state index in [-0.39, 0.29) is 30.5 Å². The van der Waals surface area contributed by atoms with Gasteiger partial charge in [0.15, 0.2) is 0 Å². The number of likely N-dealkylation sites (tertiary alicyclic amines) is 1. The van der Waals surface area contributed by atoms with Crippen molar-refractivity contribution in [2.45, 2.75) is 103 Å². The number of halogens is 1. The quantitative estimate of drug-likeness (QED) is 0.114. The normalized spacial score (nSPS) is 18.1. The second kappa shape index (κ2) is 23.8. The van der Waals surface area contributed by atoms with Crippen LogP contribution in [0.5, 0.6) is 0 Å². The summed E-state index contributed by atoms with van der Waals surface area (Å²) in [7, 11) is 0. The molecule has 4 fully saturated rings. The van der Waals surface area contributed by atoms with Crippen LogP contribution in [0.2, 0.25) is 0 Å². The van der Waals surface area contributed by atoms with E-state index < -0.39 is 5.97 Å². The number of piperidine rings is 2. The first kappa shape index (κ1) is 51.2. The van der Waals surface area contributed by atoms with Crippen LogP contribution in [-0.2, 0) is 9.47 Å². The number of nitriles is 2. The third-order valence-corrected chi connectivity index (χ3v) is 14.0. The number of amides is 1. The molecule has 4 aliphatic rings. The van der Waals surface area contributed by atoms with Gasteiger partial charge in [-0.15, -0.1) is 12.4 Å². The molecule has 0 aliphatic carbocycles. The van der Waals surface area contributed by atoms with Gasteiger partial charge in [-0.25, -0.2) is 14.8 Å². The van der Waals surface area contributed by atoms with E-state index in [9.17, 15) is 14.7 Å².